The van der Waals surface area contributed by atoms with Gasteiger partial charge >= 0.3 is 0 Å². The first-order valence-corrected chi connectivity index (χ1v) is 10.3. The maximum absolute atomic E-state index is 13.0. The lowest BCUT2D eigenvalue weighted by Crippen LogP contribution is -2.54. The molecule has 8 heteroatoms. The summed E-state index contributed by atoms with van der Waals surface area (Å²) in [6.07, 6.45) is 3.81. The van der Waals surface area contributed by atoms with Crippen LogP contribution >= 0.6 is 0 Å². The van der Waals surface area contributed by atoms with Gasteiger partial charge in [-0.25, -0.2) is 0 Å². The third-order valence-electron chi connectivity index (χ3n) is 6.73. The van der Waals surface area contributed by atoms with E-state index in [1.54, 1.807) is 12.1 Å². The van der Waals surface area contributed by atoms with E-state index >= 15 is 0 Å². The summed E-state index contributed by atoms with van der Waals surface area (Å²) in [6.45, 7) is 1.68. The Bertz CT molecular complexity index is 929. The van der Waals surface area contributed by atoms with Crippen LogP contribution in [0.2, 0.25) is 0 Å². The number of nitrogens with two attached hydrogens (primary N) is 1. The second-order valence-corrected chi connectivity index (χ2v) is 8.53. The third-order valence-corrected chi connectivity index (χ3v) is 6.73. The van der Waals surface area contributed by atoms with Gasteiger partial charge in [-0.05, 0) is 49.4 Å². The molecule has 0 radical (unpaired) electrons. The molecule has 1 aromatic rings. The van der Waals surface area contributed by atoms with Crippen LogP contribution in [0.1, 0.15) is 58.4 Å². The topological polar surface area (TPSA) is 113 Å². The highest BCUT2D eigenvalue weighted by atomic mass is 16.2. The highest BCUT2D eigenvalue weighted by Gasteiger charge is 2.51. The molecule has 8 nitrogen and oxygen atoms in total. The SMILES string of the molecule is NC1C2CCCCN(Cc3ccc4c(c3)C(=O)N(C3CCC(=O)NC3=O)C4=O)C12. The van der Waals surface area contributed by atoms with Crippen molar-refractivity contribution >= 4 is 23.6 Å². The molecule has 1 saturated carbocycles. The number of likely N-dealkylation sites (tertiary alicyclic amines) is 1. The molecule has 4 amide bonds. The molecule has 0 bridgehead atoms. The lowest BCUT2D eigenvalue weighted by Gasteiger charge is -2.27. The number of imide groups is 2. The quantitative estimate of drug-likeness (QED) is 0.715. The van der Waals surface area contributed by atoms with Crippen LogP contribution in [0.4, 0.5) is 0 Å². The molecule has 5 rings (SSSR count). The van der Waals surface area contributed by atoms with E-state index in [0.29, 0.717) is 29.6 Å². The number of benzene rings is 1. The Hall–Kier alpha value is -2.58. The van der Waals surface area contributed by atoms with E-state index in [0.717, 1.165) is 23.4 Å². The van der Waals surface area contributed by atoms with Crippen molar-refractivity contribution in [2.75, 3.05) is 6.54 Å². The van der Waals surface area contributed by atoms with E-state index in [1.807, 2.05) is 6.07 Å². The van der Waals surface area contributed by atoms with Gasteiger partial charge in [0.25, 0.3) is 11.8 Å². The van der Waals surface area contributed by atoms with Gasteiger partial charge in [0.15, 0.2) is 0 Å². The van der Waals surface area contributed by atoms with E-state index < -0.39 is 23.8 Å². The fourth-order valence-corrected chi connectivity index (χ4v) is 5.14. The molecular formula is C21H24N4O4. The Labute approximate surface area is 168 Å². The van der Waals surface area contributed by atoms with Crippen LogP contribution in [0.3, 0.4) is 0 Å². The number of carbonyl (C=O) groups is 4. The summed E-state index contributed by atoms with van der Waals surface area (Å²) in [4.78, 5) is 52.7. The molecule has 1 aromatic carbocycles. The Kier molecular flexibility index (Phi) is 4.29. The minimum Gasteiger partial charge on any atom is -0.326 e. The number of rotatable bonds is 3. The normalized spacial score (nSPS) is 32.0. The first-order valence-electron chi connectivity index (χ1n) is 10.3. The van der Waals surface area contributed by atoms with Crippen molar-refractivity contribution < 1.29 is 19.2 Å². The van der Waals surface area contributed by atoms with Gasteiger partial charge in [0.1, 0.15) is 6.04 Å². The fourth-order valence-electron chi connectivity index (χ4n) is 5.14. The van der Waals surface area contributed by atoms with Crippen LogP contribution in [0.15, 0.2) is 18.2 Å². The predicted molar refractivity (Wildman–Crippen MR) is 103 cm³/mol. The Morgan fingerprint density at radius 2 is 1.83 bits per heavy atom. The molecular weight excluding hydrogens is 372 g/mol. The Balaban J connectivity index is 1.37. The molecule has 152 valence electrons. The zero-order valence-corrected chi connectivity index (χ0v) is 16.1. The van der Waals surface area contributed by atoms with Crippen LogP contribution < -0.4 is 11.1 Å². The van der Waals surface area contributed by atoms with Gasteiger partial charge in [0.05, 0.1) is 11.1 Å². The number of hydrogen-bond donors (Lipinski definition) is 2. The van der Waals surface area contributed by atoms with E-state index in [9.17, 15) is 19.2 Å². The van der Waals surface area contributed by atoms with Crippen molar-refractivity contribution in [1.82, 2.24) is 15.1 Å². The molecule has 0 spiro atoms. The van der Waals surface area contributed by atoms with Crippen LogP contribution in [0.25, 0.3) is 0 Å². The molecule has 29 heavy (non-hydrogen) atoms. The van der Waals surface area contributed by atoms with Gasteiger partial charge in [-0.3, -0.25) is 34.3 Å². The van der Waals surface area contributed by atoms with E-state index in [-0.39, 0.29) is 24.8 Å². The van der Waals surface area contributed by atoms with Gasteiger partial charge < -0.3 is 5.73 Å². The molecule has 4 unspecified atom stereocenters. The molecule has 4 atom stereocenters. The van der Waals surface area contributed by atoms with Crippen molar-refractivity contribution in [1.29, 1.82) is 0 Å². The summed E-state index contributed by atoms with van der Waals surface area (Å²) in [5.41, 5.74) is 7.85. The number of piperidine rings is 1. The van der Waals surface area contributed by atoms with Crippen molar-refractivity contribution in [2.24, 2.45) is 11.7 Å². The summed E-state index contributed by atoms with van der Waals surface area (Å²) < 4.78 is 0. The van der Waals surface area contributed by atoms with Gasteiger partial charge in [-0.2, -0.15) is 0 Å². The lowest BCUT2D eigenvalue weighted by atomic mass is 10.0. The van der Waals surface area contributed by atoms with Crippen LogP contribution in [0, 0.1) is 5.92 Å². The van der Waals surface area contributed by atoms with E-state index in [4.69, 9.17) is 5.73 Å². The van der Waals surface area contributed by atoms with Crippen molar-refractivity contribution in [2.45, 2.75) is 56.8 Å². The smallest absolute Gasteiger partial charge is 0.262 e. The molecule has 0 aromatic heterocycles. The minimum absolute atomic E-state index is 0.118. The summed E-state index contributed by atoms with van der Waals surface area (Å²) in [5, 5.41) is 2.22. The van der Waals surface area contributed by atoms with Gasteiger partial charge in [-0.1, -0.05) is 12.5 Å². The average Bonchev–Trinajstić information content (AvgIpc) is 3.33. The molecule has 3 N–H and O–H groups in total. The predicted octanol–water partition coefficient (Wildman–Crippen LogP) is 0.399. The maximum Gasteiger partial charge on any atom is 0.262 e. The van der Waals surface area contributed by atoms with E-state index in [2.05, 4.69) is 10.2 Å². The number of nitrogens with zero attached hydrogens (tertiary/aromatic N) is 2. The number of amides is 4. The average molecular weight is 396 g/mol. The van der Waals surface area contributed by atoms with Gasteiger partial charge in [-0.15, -0.1) is 0 Å². The Morgan fingerprint density at radius 3 is 2.62 bits per heavy atom. The fraction of sp³-hybridized carbons (Fsp3) is 0.524. The molecule has 3 fully saturated rings. The monoisotopic (exact) mass is 396 g/mol. The second-order valence-electron chi connectivity index (χ2n) is 8.53. The van der Waals surface area contributed by atoms with Gasteiger partial charge in [0.2, 0.25) is 11.8 Å². The zero-order valence-electron chi connectivity index (χ0n) is 16.1. The second kappa shape index (κ2) is 6.74. The summed E-state index contributed by atoms with van der Waals surface area (Å²) in [7, 11) is 0. The number of fused-ring (bicyclic) bond motifs is 2. The van der Waals surface area contributed by atoms with Crippen molar-refractivity contribution in [3.63, 3.8) is 0 Å². The lowest BCUT2D eigenvalue weighted by molar-refractivity contribution is -0.136. The highest BCUT2D eigenvalue weighted by molar-refractivity contribution is 6.23. The number of hydrogen-bond acceptors (Lipinski definition) is 6. The molecule has 3 heterocycles. The van der Waals surface area contributed by atoms with Crippen LogP contribution in [0.5, 0.6) is 0 Å². The molecule has 3 aliphatic heterocycles. The zero-order chi connectivity index (χ0) is 20.3. The first-order chi connectivity index (χ1) is 14.0. The largest absolute Gasteiger partial charge is 0.326 e. The third kappa shape index (κ3) is 2.98. The van der Waals surface area contributed by atoms with Crippen molar-refractivity contribution in [3.05, 3.63) is 34.9 Å². The molecule has 2 saturated heterocycles. The maximum atomic E-state index is 13.0. The molecule has 4 aliphatic rings. The minimum atomic E-state index is -0.931. The van der Waals surface area contributed by atoms with Crippen molar-refractivity contribution in [3.8, 4) is 0 Å². The van der Waals surface area contributed by atoms with E-state index in [1.165, 1.54) is 12.8 Å². The summed E-state index contributed by atoms with van der Waals surface area (Å²) in [5.74, 6) is -1.32. The summed E-state index contributed by atoms with van der Waals surface area (Å²) >= 11 is 0. The van der Waals surface area contributed by atoms with Crippen LogP contribution in [-0.2, 0) is 16.1 Å². The van der Waals surface area contributed by atoms with Gasteiger partial charge in [0, 0.05) is 25.0 Å². The highest BCUT2D eigenvalue weighted by Crippen LogP contribution is 2.41. The Morgan fingerprint density at radius 1 is 1.03 bits per heavy atom. The standard InChI is InChI=1S/C21H24N4O4/c22-17-13-3-1-2-8-24(18(13)17)10-11-4-5-12-14(9-11)21(29)25(20(12)28)15-6-7-16(26)23-19(15)27/h4-5,9,13,15,17-18H,1-3,6-8,10,22H2,(H,23,26,27). The number of nitrogens with one attached hydrogen (secondary N) is 1. The molecule has 1 aliphatic carbocycles. The number of carbonyl (C=O) groups excluding carboxylic acids is 4. The summed E-state index contributed by atoms with van der Waals surface area (Å²) in [6, 6.07) is 5.04. The first kappa shape index (κ1) is 18.4. The van der Waals surface area contributed by atoms with Crippen LogP contribution in [-0.4, -0.2) is 58.1 Å².